The Balaban J connectivity index is 1.37. The number of ether oxygens (including phenoxy) is 1. The molecule has 1 aromatic carbocycles. The smallest absolute Gasteiger partial charge is 0.274 e. The topological polar surface area (TPSA) is 60.2 Å². The van der Waals surface area contributed by atoms with Crippen LogP contribution in [0.15, 0.2) is 24.3 Å². The van der Waals surface area contributed by atoms with Gasteiger partial charge in [-0.2, -0.15) is 5.10 Å². The number of fused-ring (bicyclic) bond motifs is 1. The Labute approximate surface area is 160 Å². The van der Waals surface area contributed by atoms with Crippen molar-refractivity contribution in [3.63, 3.8) is 0 Å². The predicted molar refractivity (Wildman–Crippen MR) is 102 cm³/mol. The largest absolute Gasteiger partial charge is 0.467 e. The van der Waals surface area contributed by atoms with Crippen LogP contribution in [0.1, 0.15) is 35.9 Å². The fraction of sp³-hybridized carbons (Fsp3) is 0.421. The Morgan fingerprint density at radius 3 is 2.81 bits per heavy atom. The lowest BCUT2D eigenvalue weighted by molar-refractivity contribution is 0.0589. The summed E-state index contributed by atoms with van der Waals surface area (Å²) in [6, 6.07) is 6.37. The van der Waals surface area contributed by atoms with Crippen LogP contribution in [0, 0.1) is 12.7 Å². The zero-order chi connectivity index (χ0) is 19.0. The number of carbonyl (C=O) groups excluding carboxylic acids is 1. The highest BCUT2D eigenvalue weighted by Gasteiger charge is 2.27. The van der Waals surface area contributed by atoms with Crippen LogP contribution in [0.25, 0.3) is 10.2 Å². The standard InChI is InChI=1S/C19H21FN4O2S/c1-3-24-12(2)10-16(22-24)18(25)23-8-6-14(7-9-23)26-19-21-15-5-4-13(20)11-17(15)27-19/h4-5,10-11,14H,3,6-9H2,1-2H3. The van der Waals surface area contributed by atoms with Gasteiger partial charge in [-0.15, -0.1) is 0 Å². The molecule has 3 aromatic rings. The monoisotopic (exact) mass is 388 g/mol. The second-order valence-corrected chi connectivity index (χ2v) is 7.68. The van der Waals surface area contributed by atoms with Crippen molar-refractivity contribution in [1.82, 2.24) is 19.7 Å². The highest BCUT2D eigenvalue weighted by molar-refractivity contribution is 7.20. The highest BCUT2D eigenvalue weighted by Crippen LogP contribution is 2.30. The van der Waals surface area contributed by atoms with E-state index in [1.165, 1.54) is 23.5 Å². The lowest BCUT2D eigenvalue weighted by Crippen LogP contribution is -2.42. The molecule has 0 spiro atoms. The summed E-state index contributed by atoms with van der Waals surface area (Å²) in [7, 11) is 0. The first kappa shape index (κ1) is 17.9. The Kier molecular flexibility index (Phi) is 4.82. The summed E-state index contributed by atoms with van der Waals surface area (Å²) in [5.41, 5.74) is 2.24. The van der Waals surface area contributed by atoms with Gasteiger partial charge in [-0.3, -0.25) is 9.48 Å². The summed E-state index contributed by atoms with van der Waals surface area (Å²) < 4.78 is 21.9. The number of aromatic nitrogens is 3. The normalized spacial score (nSPS) is 15.4. The van der Waals surface area contributed by atoms with Crippen LogP contribution < -0.4 is 4.74 Å². The molecule has 0 aliphatic carbocycles. The van der Waals surface area contributed by atoms with Crippen molar-refractivity contribution in [2.24, 2.45) is 0 Å². The van der Waals surface area contributed by atoms with Gasteiger partial charge in [0.2, 0.25) is 0 Å². The van der Waals surface area contributed by atoms with E-state index in [4.69, 9.17) is 4.74 Å². The summed E-state index contributed by atoms with van der Waals surface area (Å²) >= 11 is 1.35. The van der Waals surface area contributed by atoms with Gasteiger partial charge in [-0.1, -0.05) is 11.3 Å². The van der Waals surface area contributed by atoms with Gasteiger partial charge < -0.3 is 9.64 Å². The molecule has 0 atom stereocenters. The zero-order valence-corrected chi connectivity index (χ0v) is 16.1. The number of benzene rings is 1. The van der Waals surface area contributed by atoms with Gasteiger partial charge in [0, 0.05) is 38.2 Å². The molecule has 3 heterocycles. The number of thiazole rings is 1. The molecule has 0 unspecified atom stereocenters. The summed E-state index contributed by atoms with van der Waals surface area (Å²) in [5.74, 6) is -0.301. The maximum Gasteiger partial charge on any atom is 0.274 e. The molecular formula is C19H21FN4O2S. The molecule has 8 heteroatoms. The third kappa shape index (κ3) is 3.66. The van der Waals surface area contributed by atoms with E-state index in [1.807, 2.05) is 29.5 Å². The first-order valence-corrected chi connectivity index (χ1v) is 9.91. The van der Waals surface area contributed by atoms with Crippen molar-refractivity contribution in [2.75, 3.05) is 13.1 Å². The van der Waals surface area contributed by atoms with E-state index in [1.54, 1.807) is 6.07 Å². The molecule has 0 radical (unpaired) electrons. The van der Waals surface area contributed by atoms with Crippen molar-refractivity contribution < 1.29 is 13.9 Å². The number of nitrogens with zero attached hydrogens (tertiary/aromatic N) is 4. The minimum atomic E-state index is -0.273. The fourth-order valence-corrected chi connectivity index (χ4v) is 4.25. The van der Waals surface area contributed by atoms with Gasteiger partial charge in [0.25, 0.3) is 11.1 Å². The molecular weight excluding hydrogens is 367 g/mol. The van der Waals surface area contributed by atoms with Gasteiger partial charge in [-0.05, 0) is 38.1 Å². The molecule has 1 aliphatic heterocycles. The second-order valence-electron chi connectivity index (χ2n) is 6.69. The summed E-state index contributed by atoms with van der Waals surface area (Å²) in [6.45, 7) is 5.97. The minimum Gasteiger partial charge on any atom is -0.467 e. The lowest BCUT2D eigenvalue weighted by Gasteiger charge is -2.31. The number of likely N-dealkylation sites (tertiary alicyclic amines) is 1. The number of hydrogen-bond acceptors (Lipinski definition) is 5. The van der Waals surface area contributed by atoms with Crippen LogP contribution >= 0.6 is 11.3 Å². The predicted octanol–water partition coefficient (Wildman–Crippen LogP) is 3.64. The van der Waals surface area contributed by atoms with Gasteiger partial charge >= 0.3 is 0 Å². The molecule has 0 N–H and O–H groups in total. The number of amides is 1. The number of hydrogen-bond donors (Lipinski definition) is 0. The molecule has 1 fully saturated rings. The molecule has 1 aliphatic rings. The molecule has 0 bridgehead atoms. The van der Waals surface area contributed by atoms with Crippen LogP contribution in [0.2, 0.25) is 0 Å². The van der Waals surface area contributed by atoms with Crippen LogP contribution in [0.5, 0.6) is 5.19 Å². The Hall–Kier alpha value is -2.48. The van der Waals surface area contributed by atoms with Crippen LogP contribution in [0.3, 0.4) is 0 Å². The average molecular weight is 388 g/mol. The van der Waals surface area contributed by atoms with E-state index in [2.05, 4.69) is 10.1 Å². The van der Waals surface area contributed by atoms with Crippen molar-refractivity contribution in [2.45, 2.75) is 39.3 Å². The van der Waals surface area contributed by atoms with Crippen LogP contribution in [-0.2, 0) is 6.54 Å². The summed E-state index contributed by atoms with van der Waals surface area (Å²) in [4.78, 5) is 18.9. The summed E-state index contributed by atoms with van der Waals surface area (Å²) in [6.07, 6.45) is 1.49. The molecule has 1 amide bonds. The third-order valence-electron chi connectivity index (χ3n) is 4.83. The number of piperidine rings is 1. The number of aryl methyl sites for hydroxylation is 2. The number of halogens is 1. The van der Waals surface area contributed by atoms with E-state index < -0.39 is 0 Å². The van der Waals surface area contributed by atoms with Gasteiger partial charge in [0.15, 0.2) is 5.69 Å². The third-order valence-corrected chi connectivity index (χ3v) is 5.74. The Morgan fingerprint density at radius 1 is 1.33 bits per heavy atom. The summed E-state index contributed by atoms with van der Waals surface area (Å²) in [5, 5.41) is 4.93. The highest BCUT2D eigenvalue weighted by atomic mass is 32.1. The Bertz CT molecular complexity index is 975. The first-order valence-electron chi connectivity index (χ1n) is 9.10. The maximum atomic E-state index is 13.3. The van der Waals surface area contributed by atoms with Gasteiger partial charge in [0.1, 0.15) is 11.9 Å². The number of carbonyl (C=O) groups is 1. The molecule has 1 saturated heterocycles. The zero-order valence-electron chi connectivity index (χ0n) is 15.3. The molecule has 0 saturated carbocycles. The minimum absolute atomic E-state index is 0.00870. The molecule has 2 aromatic heterocycles. The van der Waals surface area contributed by atoms with E-state index in [9.17, 15) is 9.18 Å². The van der Waals surface area contributed by atoms with Crippen molar-refractivity contribution in [3.05, 3.63) is 41.5 Å². The molecule has 142 valence electrons. The van der Waals surface area contributed by atoms with Crippen molar-refractivity contribution in [1.29, 1.82) is 0 Å². The Morgan fingerprint density at radius 2 is 2.11 bits per heavy atom. The lowest BCUT2D eigenvalue weighted by atomic mass is 10.1. The van der Waals surface area contributed by atoms with Gasteiger partial charge in [0.05, 0.1) is 10.2 Å². The fourth-order valence-electron chi connectivity index (χ4n) is 3.34. The molecule has 4 rings (SSSR count). The van der Waals surface area contributed by atoms with Crippen LogP contribution in [-0.4, -0.2) is 44.8 Å². The molecule has 27 heavy (non-hydrogen) atoms. The number of rotatable bonds is 4. The second kappa shape index (κ2) is 7.26. The first-order chi connectivity index (χ1) is 13.0. The van der Waals surface area contributed by atoms with Gasteiger partial charge in [-0.25, -0.2) is 9.37 Å². The van der Waals surface area contributed by atoms with Crippen molar-refractivity contribution >= 4 is 27.5 Å². The van der Waals surface area contributed by atoms with E-state index in [-0.39, 0.29) is 17.8 Å². The SMILES string of the molecule is CCn1nc(C(=O)N2CCC(Oc3nc4ccc(F)cc4s3)CC2)cc1C. The molecule has 6 nitrogen and oxygen atoms in total. The van der Waals surface area contributed by atoms with E-state index >= 15 is 0 Å². The van der Waals surface area contributed by atoms with E-state index in [0.29, 0.717) is 24.0 Å². The average Bonchev–Trinajstić information content (AvgIpc) is 3.23. The van der Waals surface area contributed by atoms with E-state index in [0.717, 1.165) is 35.3 Å². The maximum absolute atomic E-state index is 13.3. The van der Waals surface area contributed by atoms with Crippen LogP contribution in [0.4, 0.5) is 4.39 Å². The van der Waals surface area contributed by atoms with Crippen molar-refractivity contribution in [3.8, 4) is 5.19 Å². The quantitative estimate of drug-likeness (QED) is 0.685.